The molecule has 0 radical (unpaired) electrons. The summed E-state index contributed by atoms with van der Waals surface area (Å²) in [4.78, 5) is 11.8. The van der Waals surface area contributed by atoms with Crippen LogP contribution < -0.4 is 10.2 Å². The van der Waals surface area contributed by atoms with E-state index >= 15 is 0 Å². The van der Waals surface area contributed by atoms with Crippen LogP contribution in [0.1, 0.15) is 16.7 Å². The van der Waals surface area contributed by atoms with E-state index in [9.17, 15) is 9.90 Å². The quantitative estimate of drug-likeness (QED) is 0.370. The SMILES string of the molecule is Cc1cc(Br)cc(C)c1OCC(=O)NN=Cc1cc(I)ccc1O. The van der Waals surface area contributed by atoms with E-state index in [2.05, 4.69) is 49.0 Å². The standard InChI is InChI=1S/C17H16BrIN2O3/c1-10-5-13(18)6-11(2)17(10)24-9-16(23)21-20-8-12-7-14(19)3-4-15(12)22/h3-8,22H,9H2,1-2H3,(H,21,23). The van der Waals surface area contributed by atoms with Gasteiger partial charge in [-0.1, -0.05) is 15.9 Å². The van der Waals surface area contributed by atoms with Crippen LogP contribution in [0.4, 0.5) is 0 Å². The lowest BCUT2D eigenvalue weighted by Crippen LogP contribution is -2.25. The molecule has 1 amide bonds. The Morgan fingerprint density at radius 3 is 2.67 bits per heavy atom. The number of ether oxygens (including phenoxy) is 1. The number of hydrogen-bond acceptors (Lipinski definition) is 4. The highest BCUT2D eigenvalue weighted by atomic mass is 127. The molecule has 24 heavy (non-hydrogen) atoms. The molecule has 5 nitrogen and oxygen atoms in total. The van der Waals surface area contributed by atoms with Gasteiger partial charge in [0.05, 0.1) is 6.21 Å². The van der Waals surface area contributed by atoms with Gasteiger partial charge in [0.25, 0.3) is 5.91 Å². The number of benzene rings is 2. The number of carbonyl (C=O) groups is 1. The van der Waals surface area contributed by atoms with Crippen molar-refractivity contribution in [3.05, 3.63) is 55.1 Å². The molecule has 0 aliphatic heterocycles. The Hall–Kier alpha value is -1.61. The van der Waals surface area contributed by atoms with Crippen molar-refractivity contribution in [2.75, 3.05) is 6.61 Å². The van der Waals surface area contributed by atoms with E-state index in [1.165, 1.54) is 6.21 Å². The van der Waals surface area contributed by atoms with Crippen LogP contribution in [0.25, 0.3) is 0 Å². The summed E-state index contributed by atoms with van der Waals surface area (Å²) in [5.74, 6) is 0.413. The third kappa shape index (κ3) is 5.20. The molecule has 0 saturated carbocycles. The van der Waals surface area contributed by atoms with Crippen LogP contribution >= 0.6 is 38.5 Å². The Morgan fingerprint density at radius 2 is 2.00 bits per heavy atom. The van der Waals surface area contributed by atoms with Gasteiger partial charge in [-0.15, -0.1) is 0 Å². The topological polar surface area (TPSA) is 70.9 Å². The summed E-state index contributed by atoms with van der Waals surface area (Å²) in [6.45, 7) is 3.70. The second-order valence-electron chi connectivity index (χ2n) is 5.15. The van der Waals surface area contributed by atoms with Gasteiger partial charge in [0.1, 0.15) is 11.5 Å². The van der Waals surface area contributed by atoms with Crippen LogP contribution in [-0.4, -0.2) is 23.8 Å². The highest BCUT2D eigenvalue weighted by Gasteiger charge is 2.08. The van der Waals surface area contributed by atoms with Gasteiger partial charge < -0.3 is 9.84 Å². The van der Waals surface area contributed by atoms with Gasteiger partial charge in [-0.3, -0.25) is 4.79 Å². The molecule has 0 fully saturated rings. The first-order chi connectivity index (χ1) is 11.4. The van der Waals surface area contributed by atoms with Gasteiger partial charge in [-0.2, -0.15) is 5.10 Å². The minimum atomic E-state index is -0.377. The predicted molar refractivity (Wildman–Crippen MR) is 106 cm³/mol. The molecule has 0 aliphatic rings. The van der Waals surface area contributed by atoms with E-state index in [0.29, 0.717) is 11.3 Å². The zero-order chi connectivity index (χ0) is 17.7. The summed E-state index contributed by atoms with van der Waals surface area (Å²) >= 11 is 5.55. The number of phenolic OH excluding ortho intramolecular Hbond substituents is 1. The van der Waals surface area contributed by atoms with E-state index in [-0.39, 0.29) is 18.3 Å². The molecule has 126 valence electrons. The molecule has 0 bridgehead atoms. The molecule has 2 aromatic rings. The fraction of sp³-hybridized carbons (Fsp3) is 0.176. The maximum Gasteiger partial charge on any atom is 0.277 e. The number of phenols is 1. The monoisotopic (exact) mass is 502 g/mol. The van der Waals surface area contributed by atoms with E-state index in [1.807, 2.05) is 26.0 Å². The molecule has 2 aromatic carbocycles. The third-order valence-electron chi connectivity index (χ3n) is 3.16. The van der Waals surface area contributed by atoms with Crippen LogP contribution in [0, 0.1) is 17.4 Å². The number of nitrogens with zero attached hydrogens (tertiary/aromatic N) is 1. The van der Waals surface area contributed by atoms with Gasteiger partial charge in [0.15, 0.2) is 6.61 Å². The molecule has 0 aromatic heterocycles. The van der Waals surface area contributed by atoms with Gasteiger partial charge in [-0.25, -0.2) is 5.43 Å². The van der Waals surface area contributed by atoms with Gasteiger partial charge in [0, 0.05) is 13.6 Å². The molecular weight excluding hydrogens is 487 g/mol. The summed E-state index contributed by atoms with van der Waals surface area (Å²) in [6.07, 6.45) is 1.39. The van der Waals surface area contributed by atoms with Crippen molar-refractivity contribution in [1.29, 1.82) is 0 Å². The number of amides is 1. The first kappa shape index (κ1) is 18.7. The minimum Gasteiger partial charge on any atom is -0.507 e. The Morgan fingerprint density at radius 1 is 1.33 bits per heavy atom. The molecule has 0 aliphatic carbocycles. The minimum absolute atomic E-state index is 0.103. The van der Waals surface area contributed by atoms with Crippen LogP contribution in [0.5, 0.6) is 11.5 Å². The number of halogens is 2. The molecule has 2 N–H and O–H groups in total. The summed E-state index contributed by atoms with van der Waals surface area (Å²) in [7, 11) is 0. The van der Waals surface area contributed by atoms with Crippen molar-refractivity contribution in [1.82, 2.24) is 5.43 Å². The first-order valence-electron chi connectivity index (χ1n) is 7.07. The van der Waals surface area contributed by atoms with Gasteiger partial charge in [-0.05, 0) is 77.9 Å². The zero-order valence-electron chi connectivity index (χ0n) is 13.1. The number of carbonyl (C=O) groups excluding carboxylic acids is 1. The third-order valence-corrected chi connectivity index (χ3v) is 4.28. The summed E-state index contributed by atoms with van der Waals surface area (Å²) in [5.41, 5.74) is 4.80. The van der Waals surface area contributed by atoms with Gasteiger partial charge in [0.2, 0.25) is 0 Å². The Bertz CT molecular complexity index is 770. The molecular formula is C17H16BrIN2O3. The summed E-state index contributed by atoms with van der Waals surface area (Å²) in [5, 5.41) is 13.5. The number of aromatic hydroxyl groups is 1. The van der Waals surface area contributed by atoms with Crippen LogP contribution in [0.2, 0.25) is 0 Å². The summed E-state index contributed by atoms with van der Waals surface area (Å²) in [6, 6.07) is 8.97. The average Bonchev–Trinajstić information content (AvgIpc) is 2.49. The highest BCUT2D eigenvalue weighted by Crippen LogP contribution is 2.27. The van der Waals surface area contributed by atoms with Crippen molar-refractivity contribution < 1.29 is 14.6 Å². The Labute approximate surface area is 162 Å². The van der Waals surface area contributed by atoms with Crippen molar-refractivity contribution in [3.63, 3.8) is 0 Å². The average molecular weight is 503 g/mol. The lowest BCUT2D eigenvalue weighted by molar-refractivity contribution is -0.123. The van der Waals surface area contributed by atoms with E-state index in [4.69, 9.17) is 4.74 Å². The smallest absolute Gasteiger partial charge is 0.277 e. The predicted octanol–water partition coefficient (Wildman–Crippen LogP) is 3.91. The molecule has 7 heteroatoms. The van der Waals surface area contributed by atoms with Gasteiger partial charge >= 0.3 is 0 Å². The number of rotatable bonds is 5. The second-order valence-corrected chi connectivity index (χ2v) is 7.32. The lowest BCUT2D eigenvalue weighted by atomic mass is 10.1. The van der Waals surface area contributed by atoms with E-state index < -0.39 is 0 Å². The molecule has 0 saturated heterocycles. The Balaban J connectivity index is 1.92. The molecule has 0 unspecified atom stereocenters. The van der Waals surface area contributed by atoms with Crippen LogP contribution in [0.15, 0.2) is 39.9 Å². The molecule has 2 rings (SSSR count). The number of aryl methyl sites for hydroxylation is 2. The van der Waals surface area contributed by atoms with Crippen molar-refractivity contribution in [3.8, 4) is 11.5 Å². The summed E-state index contributed by atoms with van der Waals surface area (Å²) < 4.78 is 7.50. The number of nitrogens with one attached hydrogen (secondary N) is 1. The molecule has 0 spiro atoms. The molecule has 0 heterocycles. The first-order valence-corrected chi connectivity index (χ1v) is 8.94. The van der Waals surface area contributed by atoms with Crippen molar-refractivity contribution >= 4 is 50.6 Å². The van der Waals surface area contributed by atoms with E-state index in [0.717, 1.165) is 19.2 Å². The molecule has 0 atom stereocenters. The van der Waals surface area contributed by atoms with Crippen molar-refractivity contribution in [2.45, 2.75) is 13.8 Å². The maximum atomic E-state index is 11.8. The number of hydrogen-bond donors (Lipinski definition) is 2. The lowest BCUT2D eigenvalue weighted by Gasteiger charge is -2.11. The number of hydrazone groups is 1. The fourth-order valence-electron chi connectivity index (χ4n) is 2.10. The van der Waals surface area contributed by atoms with Crippen LogP contribution in [-0.2, 0) is 4.79 Å². The van der Waals surface area contributed by atoms with E-state index in [1.54, 1.807) is 18.2 Å². The Kier molecular flexibility index (Phi) is 6.61. The van der Waals surface area contributed by atoms with Crippen LogP contribution in [0.3, 0.4) is 0 Å². The van der Waals surface area contributed by atoms with Crippen molar-refractivity contribution in [2.24, 2.45) is 5.10 Å². The normalized spacial score (nSPS) is 10.8. The second kappa shape index (κ2) is 8.48. The fourth-order valence-corrected chi connectivity index (χ4v) is 3.30. The largest absolute Gasteiger partial charge is 0.507 e. The zero-order valence-corrected chi connectivity index (χ0v) is 16.9. The maximum absolute atomic E-state index is 11.8. The highest BCUT2D eigenvalue weighted by molar-refractivity contribution is 14.1.